The van der Waals surface area contributed by atoms with Gasteiger partial charge in [0.15, 0.2) is 0 Å². The van der Waals surface area contributed by atoms with E-state index in [0.29, 0.717) is 10.0 Å². The van der Waals surface area contributed by atoms with E-state index in [2.05, 4.69) is 15.3 Å². The van der Waals surface area contributed by atoms with Gasteiger partial charge in [-0.1, -0.05) is 35.3 Å². The molecule has 0 saturated carbocycles. The van der Waals surface area contributed by atoms with Gasteiger partial charge in [0.05, 0.1) is 15.7 Å². The van der Waals surface area contributed by atoms with Gasteiger partial charge in [0.1, 0.15) is 5.82 Å². The molecule has 0 fully saturated rings. The first-order valence-electron chi connectivity index (χ1n) is 6.51. The monoisotopic (exact) mass is 308 g/mol. The predicted octanol–water partition coefficient (Wildman–Crippen LogP) is 3.78. The molecular formula is C14H14Cl2N4. The van der Waals surface area contributed by atoms with Crippen LogP contribution >= 0.6 is 23.2 Å². The number of nitrogens with two attached hydrogens (primary N) is 1. The van der Waals surface area contributed by atoms with Crippen LogP contribution in [-0.2, 0) is 6.42 Å². The molecule has 20 heavy (non-hydrogen) atoms. The maximum Gasteiger partial charge on any atom is 0.222 e. The highest BCUT2D eigenvalue weighted by molar-refractivity contribution is 6.43. The van der Waals surface area contributed by atoms with Gasteiger partial charge in [0.25, 0.3) is 0 Å². The van der Waals surface area contributed by atoms with Crippen LogP contribution in [-0.4, -0.2) is 16.5 Å². The van der Waals surface area contributed by atoms with Crippen LogP contribution in [0, 0.1) is 0 Å². The summed E-state index contributed by atoms with van der Waals surface area (Å²) in [5.41, 5.74) is 8.45. The number of hydrogen-bond donors (Lipinski definition) is 2. The number of aromatic nitrogens is 2. The maximum absolute atomic E-state index is 6.31. The quantitative estimate of drug-likeness (QED) is 0.841. The molecule has 1 aromatic heterocycles. The molecule has 0 radical (unpaired) electrons. The lowest BCUT2D eigenvalue weighted by Crippen LogP contribution is -2.08. The van der Waals surface area contributed by atoms with Crippen LogP contribution in [0.25, 0.3) is 11.3 Å². The number of halogens is 2. The summed E-state index contributed by atoms with van der Waals surface area (Å²) in [6.45, 7) is 0.895. The molecule has 104 valence electrons. The van der Waals surface area contributed by atoms with Crippen molar-refractivity contribution in [1.82, 2.24) is 9.97 Å². The minimum absolute atomic E-state index is 0.240. The van der Waals surface area contributed by atoms with E-state index >= 15 is 0 Å². The lowest BCUT2D eigenvalue weighted by Gasteiger charge is -2.14. The summed E-state index contributed by atoms with van der Waals surface area (Å²) in [6, 6.07) is 5.52. The molecule has 1 aliphatic rings. The van der Waals surface area contributed by atoms with Crippen molar-refractivity contribution in [3.63, 3.8) is 0 Å². The van der Waals surface area contributed by atoms with Crippen LogP contribution in [0.5, 0.6) is 0 Å². The van der Waals surface area contributed by atoms with Gasteiger partial charge in [0.2, 0.25) is 5.95 Å². The maximum atomic E-state index is 6.31. The fraction of sp³-hybridized carbons (Fsp3) is 0.286. The van der Waals surface area contributed by atoms with Gasteiger partial charge in [0, 0.05) is 17.7 Å². The van der Waals surface area contributed by atoms with E-state index in [-0.39, 0.29) is 5.95 Å². The van der Waals surface area contributed by atoms with Crippen LogP contribution in [0.1, 0.15) is 18.4 Å². The molecule has 2 heterocycles. The fourth-order valence-corrected chi connectivity index (χ4v) is 2.82. The average Bonchev–Trinajstić information content (AvgIpc) is 2.66. The second kappa shape index (κ2) is 5.46. The Balaban J connectivity index is 2.23. The van der Waals surface area contributed by atoms with Gasteiger partial charge in [-0.2, -0.15) is 4.98 Å². The van der Waals surface area contributed by atoms with Crippen LogP contribution in [0.4, 0.5) is 11.8 Å². The van der Waals surface area contributed by atoms with Crippen molar-refractivity contribution in [2.75, 3.05) is 17.6 Å². The van der Waals surface area contributed by atoms with Gasteiger partial charge in [-0.3, -0.25) is 0 Å². The first kappa shape index (κ1) is 13.5. The third kappa shape index (κ3) is 2.41. The number of benzene rings is 1. The SMILES string of the molecule is Nc1nc2c(c(-c3cccc(Cl)c3Cl)n1)CCCCN2. The average molecular weight is 309 g/mol. The summed E-state index contributed by atoms with van der Waals surface area (Å²) in [6.07, 6.45) is 3.08. The molecule has 0 atom stereocenters. The molecular weight excluding hydrogens is 295 g/mol. The van der Waals surface area contributed by atoms with Crippen molar-refractivity contribution in [3.8, 4) is 11.3 Å². The van der Waals surface area contributed by atoms with E-state index in [0.717, 1.165) is 48.4 Å². The largest absolute Gasteiger partial charge is 0.370 e. The predicted molar refractivity (Wildman–Crippen MR) is 83.3 cm³/mol. The van der Waals surface area contributed by atoms with Crippen LogP contribution in [0.15, 0.2) is 18.2 Å². The van der Waals surface area contributed by atoms with Crippen LogP contribution in [0.3, 0.4) is 0 Å². The number of anilines is 2. The Labute approximate surface area is 127 Å². The number of nitrogens with one attached hydrogen (secondary N) is 1. The zero-order valence-corrected chi connectivity index (χ0v) is 12.3. The summed E-state index contributed by atoms with van der Waals surface area (Å²) in [5, 5.41) is 4.31. The fourth-order valence-electron chi connectivity index (χ4n) is 2.43. The Morgan fingerprint density at radius 2 is 2.00 bits per heavy atom. The third-order valence-electron chi connectivity index (χ3n) is 3.38. The lowest BCUT2D eigenvalue weighted by atomic mass is 10.0. The van der Waals surface area contributed by atoms with Gasteiger partial charge >= 0.3 is 0 Å². The van der Waals surface area contributed by atoms with Crippen molar-refractivity contribution in [2.24, 2.45) is 0 Å². The number of nitrogen functional groups attached to an aromatic ring is 1. The third-order valence-corrected chi connectivity index (χ3v) is 4.20. The van der Waals surface area contributed by atoms with E-state index < -0.39 is 0 Å². The number of fused-ring (bicyclic) bond motifs is 1. The van der Waals surface area contributed by atoms with Crippen molar-refractivity contribution in [1.29, 1.82) is 0 Å². The molecule has 4 nitrogen and oxygen atoms in total. The van der Waals surface area contributed by atoms with Gasteiger partial charge in [-0.15, -0.1) is 0 Å². The second-order valence-electron chi connectivity index (χ2n) is 4.74. The smallest absolute Gasteiger partial charge is 0.222 e. The highest BCUT2D eigenvalue weighted by Gasteiger charge is 2.19. The zero-order valence-electron chi connectivity index (χ0n) is 10.8. The summed E-state index contributed by atoms with van der Waals surface area (Å²) in [7, 11) is 0. The molecule has 0 aliphatic carbocycles. The van der Waals surface area contributed by atoms with Gasteiger partial charge in [-0.05, 0) is 25.3 Å². The molecule has 3 rings (SSSR count). The van der Waals surface area contributed by atoms with E-state index in [9.17, 15) is 0 Å². The van der Waals surface area contributed by atoms with Gasteiger partial charge < -0.3 is 11.1 Å². The molecule has 3 N–H and O–H groups in total. The first-order valence-corrected chi connectivity index (χ1v) is 7.27. The Hall–Kier alpha value is -1.52. The molecule has 1 aromatic carbocycles. The van der Waals surface area contributed by atoms with Crippen LogP contribution in [0.2, 0.25) is 10.0 Å². The van der Waals surface area contributed by atoms with Crippen molar-refractivity contribution >= 4 is 35.0 Å². The first-order chi connectivity index (χ1) is 9.66. The molecule has 0 amide bonds. The standard InChI is InChI=1S/C14H14Cl2N4/c15-10-6-3-5-8(11(10)16)12-9-4-1-2-7-18-13(9)20-14(17)19-12/h3,5-6H,1-2,4,7H2,(H3,17,18,19,20). The van der Waals surface area contributed by atoms with Crippen molar-refractivity contribution in [2.45, 2.75) is 19.3 Å². The van der Waals surface area contributed by atoms with E-state index in [1.54, 1.807) is 6.07 Å². The van der Waals surface area contributed by atoms with E-state index in [4.69, 9.17) is 28.9 Å². The van der Waals surface area contributed by atoms with Crippen molar-refractivity contribution in [3.05, 3.63) is 33.8 Å². The Morgan fingerprint density at radius 3 is 2.85 bits per heavy atom. The molecule has 0 spiro atoms. The van der Waals surface area contributed by atoms with E-state index in [1.165, 1.54) is 0 Å². The minimum Gasteiger partial charge on any atom is -0.370 e. The Kier molecular flexibility index (Phi) is 3.68. The Morgan fingerprint density at radius 1 is 1.15 bits per heavy atom. The number of rotatable bonds is 1. The molecule has 6 heteroatoms. The number of hydrogen-bond acceptors (Lipinski definition) is 4. The van der Waals surface area contributed by atoms with Crippen molar-refractivity contribution < 1.29 is 0 Å². The second-order valence-corrected chi connectivity index (χ2v) is 5.53. The number of nitrogens with zero attached hydrogens (tertiary/aromatic N) is 2. The van der Waals surface area contributed by atoms with E-state index in [1.807, 2.05) is 12.1 Å². The Bertz CT molecular complexity index is 658. The zero-order chi connectivity index (χ0) is 14.1. The van der Waals surface area contributed by atoms with Crippen LogP contribution < -0.4 is 11.1 Å². The topological polar surface area (TPSA) is 63.8 Å². The molecule has 2 aromatic rings. The summed E-state index contributed by atoms with van der Waals surface area (Å²) < 4.78 is 0. The minimum atomic E-state index is 0.240. The molecule has 0 saturated heterocycles. The lowest BCUT2D eigenvalue weighted by molar-refractivity contribution is 0.785. The molecule has 0 unspecified atom stereocenters. The normalized spacial score (nSPS) is 14.3. The summed E-state index contributed by atoms with van der Waals surface area (Å²) in [5.74, 6) is 1.05. The van der Waals surface area contributed by atoms with Gasteiger partial charge in [-0.25, -0.2) is 4.98 Å². The molecule has 1 aliphatic heterocycles. The highest BCUT2D eigenvalue weighted by Crippen LogP contribution is 2.37. The molecule has 0 bridgehead atoms. The summed E-state index contributed by atoms with van der Waals surface area (Å²) >= 11 is 12.4. The highest BCUT2D eigenvalue weighted by atomic mass is 35.5. The summed E-state index contributed by atoms with van der Waals surface area (Å²) in [4.78, 5) is 8.68.